The van der Waals surface area contributed by atoms with Crippen LogP contribution in [0.1, 0.15) is 48.2 Å². The van der Waals surface area contributed by atoms with Gasteiger partial charge < -0.3 is 23.5 Å². The van der Waals surface area contributed by atoms with Crippen LogP contribution in [0.4, 0.5) is 4.39 Å². The molecule has 12 heteroatoms. The summed E-state index contributed by atoms with van der Waals surface area (Å²) in [7, 11) is 2.95. The molecule has 0 saturated heterocycles. The van der Waals surface area contributed by atoms with Crippen LogP contribution in [-0.2, 0) is 27.2 Å². The lowest BCUT2D eigenvalue weighted by atomic mass is 9.97. The number of methoxy groups -OCH3 is 2. The van der Waals surface area contributed by atoms with E-state index in [1.807, 2.05) is 29.0 Å². The monoisotopic (exact) mass is 555 g/mol. The van der Waals surface area contributed by atoms with Gasteiger partial charge in [0, 0.05) is 23.3 Å². The number of esters is 1. The zero-order valence-corrected chi connectivity index (χ0v) is 22.4. The summed E-state index contributed by atoms with van der Waals surface area (Å²) in [5.41, 5.74) is 2.50. The van der Waals surface area contributed by atoms with Crippen molar-refractivity contribution in [3.63, 3.8) is 0 Å². The second-order valence-corrected chi connectivity index (χ2v) is 9.23. The Balaban J connectivity index is 1.56. The number of nitrogens with zero attached hydrogens (tertiary/aromatic N) is 5. The van der Waals surface area contributed by atoms with Crippen molar-refractivity contribution in [1.29, 1.82) is 0 Å². The van der Waals surface area contributed by atoms with Crippen LogP contribution in [0.5, 0.6) is 11.5 Å². The second-order valence-electron chi connectivity index (χ2n) is 8.80. The Bertz CT molecular complexity index is 1490. The maximum atomic E-state index is 15.6. The van der Waals surface area contributed by atoms with Crippen LogP contribution < -0.4 is 9.47 Å². The van der Waals surface area contributed by atoms with Gasteiger partial charge in [-0.25, -0.2) is 9.07 Å². The molecule has 0 unspecified atom stereocenters. The third-order valence-corrected chi connectivity index (χ3v) is 6.79. The molecule has 2 atom stereocenters. The van der Waals surface area contributed by atoms with Gasteiger partial charge in [-0.15, -0.1) is 5.10 Å². The lowest BCUT2D eigenvalue weighted by Gasteiger charge is -2.26. The number of tetrazole rings is 1. The molecule has 4 aromatic rings. The van der Waals surface area contributed by atoms with Gasteiger partial charge in [-0.1, -0.05) is 11.6 Å². The highest BCUT2D eigenvalue weighted by atomic mass is 35.5. The molecule has 0 N–H and O–H groups in total. The number of carbonyl (C=O) groups excluding carboxylic acids is 1. The molecule has 2 aromatic heterocycles. The molecule has 2 aromatic carbocycles. The summed E-state index contributed by atoms with van der Waals surface area (Å²) in [6.45, 7) is 2.34. The Morgan fingerprint density at radius 2 is 2.03 bits per heavy atom. The zero-order chi connectivity index (χ0) is 27.5. The van der Waals surface area contributed by atoms with Crippen molar-refractivity contribution in [2.24, 2.45) is 0 Å². The first-order valence-electron chi connectivity index (χ1n) is 12.4. The molecule has 1 aliphatic rings. The van der Waals surface area contributed by atoms with E-state index in [-0.39, 0.29) is 24.3 Å². The number of benzene rings is 2. The van der Waals surface area contributed by atoms with Crippen LogP contribution in [0.15, 0.2) is 48.7 Å². The number of ether oxygens (including phenoxy) is 4. The third kappa shape index (κ3) is 5.19. The van der Waals surface area contributed by atoms with E-state index in [0.717, 1.165) is 11.4 Å². The minimum atomic E-state index is -0.887. The van der Waals surface area contributed by atoms with Crippen molar-refractivity contribution in [1.82, 2.24) is 24.8 Å². The normalized spacial score (nSPS) is 16.2. The number of aryl methyl sites for hydroxylation is 1. The fourth-order valence-electron chi connectivity index (χ4n) is 4.85. The molecular weight excluding hydrogens is 529 g/mol. The predicted molar refractivity (Wildman–Crippen MR) is 139 cm³/mol. The van der Waals surface area contributed by atoms with Crippen LogP contribution in [0, 0.1) is 5.82 Å². The van der Waals surface area contributed by atoms with Gasteiger partial charge in [-0.2, -0.15) is 0 Å². The number of carbonyl (C=O) groups is 1. The van der Waals surface area contributed by atoms with E-state index < -0.39 is 24.0 Å². The van der Waals surface area contributed by atoms with E-state index in [0.29, 0.717) is 35.1 Å². The smallest absolute Gasteiger partial charge is 0.313 e. The van der Waals surface area contributed by atoms with Gasteiger partial charge in [0.15, 0.2) is 17.3 Å². The van der Waals surface area contributed by atoms with Gasteiger partial charge in [0.1, 0.15) is 24.4 Å². The predicted octanol–water partition coefficient (Wildman–Crippen LogP) is 4.63. The Hall–Kier alpha value is -3.96. The molecule has 0 amide bonds. The summed E-state index contributed by atoms with van der Waals surface area (Å²) < 4.78 is 41.9. The molecule has 0 radical (unpaired) electrons. The number of fused-ring (bicyclic) bond motifs is 3. The Morgan fingerprint density at radius 3 is 2.79 bits per heavy atom. The summed E-state index contributed by atoms with van der Waals surface area (Å²) in [6, 6.07) is 12.1. The van der Waals surface area contributed by atoms with E-state index in [2.05, 4.69) is 15.5 Å². The summed E-state index contributed by atoms with van der Waals surface area (Å²) in [4.78, 5) is 12.0. The molecular formula is C27H27ClFN5O5. The van der Waals surface area contributed by atoms with E-state index >= 15 is 4.39 Å². The first kappa shape index (κ1) is 26.6. The van der Waals surface area contributed by atoms with Crippen molar-refractivity contribution in [2.75, 3.05) is 20.8 Å². The van der Waals surface area contributed by atoms with E-state index in [1.165, 1.54) is 26.4 Å². The number of hydrogen-bond acceptors (Lipinski definition) is 8. The average molecular weight is 556 g/mol. The number of halogens is 2. The zero-order valence-electron chi connectivity index (χ0n) is 21.6. The maximum Gasteiger partial charge on any atom is 0.313 e. The highest BCUT2D eigenvalue weighted by Gasteiger charge is 2.35. The summed E-state index contributed by atoms with van der Waals surface area (Å²) in [6.07, 6.45) is 0.870. The Morgan fingerprint density at radius 1 is 1.18 bits per heavy atom. The molecule has 39 heavy (non-hydrogen) atoms. The lowest BCUT2D eigenvalue weighted by molar-refractivity contribution is -0.142. The SMILES string of the molecule is CCOC(=O)Cc1nnnn1CC[C@H]1O[C@H](c2c(F)ccc(OC)c2OC)c2cc(Cl)ccc2-n2cccc21. The highest BCUT2D eigenvalue weighted by Crippen LogP contribution is 2.47. The Labute approximate surface area is 229 Å². The second kappa shape index (κ2) is 11.4. The average Bonchev–Trinajstić information content (AvgIpc) is 3.56. The molecule has 0 spiro atoms. The number of rotatable bonds is 9. The fourth-order valence-corrected chi connectivity index (χ4v) is 5.03. The van der Waals surface area contributed by atoms with Gasteiger partial charge in [-0.3, -0.25) is 4.79 Å². The largest absolute Gasteiger partial charge is 0.493 e. The maximum absolute atomic E-state index is 15.6. The van der Waals surface area contributed by atoms with Gasteiger partial charge in [0.2, 0.25) is 0 Å². The molecule has 0 bridgehead atoms. The highest BCUT2D eigenvalue weighted by molar-refractivity contribution is 6.30. The topological polar surface area (TPSA) is 103 Å². The van der Waals surface area contributed by atoms with Crippen LogP contribution in [0.2, 0.25) is 5.02 Å². The molecule has 0 aliphatic carbocycles. The summed E-state index contributed by atoms with van der Waals surface area (Å²) >= 11 is 6.42. The third-order valence-electron chi connectivity index (χ3n) is 6.55. The summed E-state index contributed by atoms with van der Waals surface area (Å²) in [5.74, 6) is 0.0616. The molecule has 5 rings (SSSR count). The molecule has 0 fully saturated rings. The van der Waals surface area contributed by atoms with Gasteiger partial charge in [-0.05, 0) is 66.2 Å². The first-order valence-corrected chi connectivity index (χ1v) is 12.8. The molecule has 204 valence electrons. The van der Waals surface area contributed by atoms with Crippen molar-refractivity contribution in [3.8, 4) is 17.2 Å². The van der Waals surface area contributed by atoms with Gasteiger partial charge in [0.05, 0.1) is 37.8 Å². The van der Waals surface area contributed by atoms with E-state index in [1.54, 1.807) is 23.7 Å². The van der Waals surface area contributed by atoms with Crippen molar-refractivity contribution < 1.29 is 28.1 Å². The molecule has 10 nitrogen and oxygen atoms in total. The van der Waals surface area contributed by atoms with E-state index in [9.17, 15) is 4.79 Å². The van der Waals surface area contributed by atoms with Crippen molar-refractivity contribution in [3.05, 3.63) is 82.1 Å². The van der Waals surface area contributed by atoms with Crippen LogP contribution >= 0.6 is 11.6 Å². The summed E-state index contributed by atoms with van der Waals surface area (Å²) in [5, 5.41) is 12.2. The van der Waals surface area contributed by atoms with Gasteiger partial charge in [0.25, 0.3) is 0 Å². The molecule has 1 aliphatic heterocycles. The molecule has 3 heterocycles. The quantitative estimate of drug-likeness (QED) is 0.275. The first-order chi connectivity index (χ1) is 18.9. The Kier molecular flexibility index (Phi) is 7.80. The van der Waals surface area contributed by atoms with Crippen LogP contribution in [-0.4, -0.2) is 51.6 Å². The van der Waals surface area contributed by atoms with E-state index in [4.69, 9.17) is 30.5 Å². The van der Waals surface area contributed by atoms with Crippen LogP contribution in [0.3, 0.4) is 0 Å². The lowest BCUT2D eigenvalue weighted by Crippen LogP contribution is -2.17. The minimum absolute atomic E-state index is 0.0540. The standard InChI is InChI=1S/C27H27ClFN5O5/c1-4-38-24(35)15-23-30-31-32-34(23)13-11-21-20-6-5-12-33(20)19-9-7-16(28)14-17(19)26(39-21)25-18(29)8-10-22(36-2)27(25)37-3/h5-10,12,14,21,26H,4,11,13,15H2,1-3H3/t21-,26+/m1/s1. The number of aromatic nitrogens is 5. The molecule has 0 saturated carbocycles. The van der Waals surface area contributed by atoms with Gasteiger partial charge >= 0.3 is 5.97 Å². The fraction of sp³-hybridized carbons (Fsp3) is 0.333. The van der Waals surface area contributed by atoms with Crippen molar-refractivity contribution in [2.45, 2.75) is 38.5 Å². The number of hydrogen-bond donors (Lipinski definition) is 0. The van der Waals surface area contributed by atoms with Crippen LogP contribution in [0.25, 0.3) is 5.69 Å². The van der Waals surface area contributed by atoms with Crippen molar-refractivity contribution >= 4 is 17.6 Å². The minimum Gasteiger partial charge on any atom is -0.493 e.